The number of aliphatic carboxylic acids is 1. The molecule has 0 saturated heterocycles. The molecule has 0 bridgehead atoms. The number of hydrogen-bond donors (Lipinski definition) is 1. The number of likely N-dealkylation sites (N-methyl/N-ethyl adjacent to an activating group) is 1. The topological polar surface area (TPSA) is 108 Å². The number of ether oxygens (including phenoxy) is 4. The Morgan fingerprint density at radius 1 is 0.397 bits per heavy atom. The number of carbonyl (C=O) groups is 3. The third-order valence-corrected chi connectivity index (χ3v) is 14.2. The third kappa shape index (κ3) is 57.3. The molecule has 73 heavy (non-hydrogen) atoms. The Balaban J connectivity index is 4.04. The number of carbonyl (C=O) groups excluding carboxylic acids is 2. The third-order valence-electron chi connectivity index (χ3n) is 14.2. The zero-order chi connectivity index (χ0) is 53.4. The molecule has 0 spiro atoms. The molecule has 0 aromatic carbocycles. The summed E-state index contributed by atoms with van der Waals surface area (Å²) in [7, 11) is 5.98. The molecule has 0 aromatic rings. The summed E-state index contributed by atoms with van der Waals surface area (Å²) in [5.41, 5.74) is 0. The number of hydrogen-bond acceptors (Lipinski definition) is 7. The second kappa shape index (κ2) is 56.0. The van der Waals surface area contributed by atoms with E-state index in [2.05, 4.69) is 38.2 Å². The molecule has 2 unspecified atom stereocenters. The first kappa shape index (κ1) is 70.8. The predicted molar refractivity (Wildman–Crippen MR) is 309 cm³/mol. The zero-order valence-corrected chi connectivity index (χ0v) is 49.1. The van der Waals surface area contributed by atoms with Gasteiger partial charge in [-0.1, -0.05) is 256 Å². The highest BCUT2D eigenvalue weighted by Gasteiger charge is 2.25. The fourth-order valence-electron chi connectivity index (χ4n) is 9.30. The highest BCUT2D eigenvalue weighted by Crippen LogP contribution is 2.18. The number of nitrogens with zero attached hydrogens (tertiary/aromatic N) is 1. The Labute approximate surface area is 452 Å². The van der Waals surface area contributed by atoms with Gasteiger partial charge in [-0.25, -0.2) is 4.79 Å². The van der Waals surface area contributed by atoms with Crippen molar-refractivity contribution in [2.45, 2.75) is 322 Å². The number of quaternary nitrogens is 1. The Morgan fingerprint density at radius 3 is 1.01 bits per heavy atom. The fourth-order valence-corrected chi connectivity index (χ4v) is 9.30. The summed E-state index contributed by atoms with van der Waals surface area (Å²) in [4.78, 5) is 37.4. The summed E-state index contributed by atoms with van der Waals surface area (Å²) in [6, 6.07) is 0. The van der Waals surface area contributed by atoms with Crippen LogP contribution in [-0.4, -0.2) is 87.4 Å². The maximum Gasteiger partial charge on any atom is 0.361 e. The van der Waals surface area contributed by atoms with E-state index in [4.69, 9.17) is 18.9 Å². The van der Waals surface area contributed by atoms with Crippen LogP contribution >= 0.6 is 0 Å². The van der Waals surface area contributed by atoms with Crippen molar-refractivity contribution in [1.29, 1.82) is 0 Å². The van der Waals surface area contributed by atoms with Crippen LogP contribution in [0.5, 0.6) is 0 Å². The average Bonchev–Trinajstić information content (AvgIpc) is 3.36. The molecule has 0 aliphatic rings. The molecule has 1 N–H and O–H groups in total. The summed E-state index contributed by atoms with van der Waals surface area (Å²) >= 11 is 0. The first-order valence-corrected chi connectivity index (χ1v) is 31.5. The average molecular weight is 1030 g/mol. The Hall–Kier alpha value is -2.23. The Bertz CT molecular complexity index is 1250. The van der Waals surface area contributed by atoms with E-state index in [-0.39, 0.29) is 38.2 Å². The monoisotopic (exact) mass is 1030 g/mol. The molecule has 0 aliphatic heterocycles. The Morgan fingerprint density at radius 2 is 0.699 bits per heavy atom. The standard InChI is InChI=1S/C64H121NO8/c1-6-8-10-12-14-16-18-20-22-23-24-25-26-27-28-29-30-31-32-33-34-35-36-37-38-39-41-43-45-47-49-51-53-55-62(67)73-60(59-72-64(63(68)69)70-57-56-65(3,4)5)58-71-61(66)54-52-50-48-46-44-42-40-21-19-17-15-13-11-9-7-2/h21,23-24,40,60,64H,6-20,22,25-39,41-59H2,1-5H3/p+1/b24-23-,40-21-. The number of allylic oxidation sites excluding steroid dienone is 4. The van der Waals surface area contributed by atoms with Crippen LogP contribution in [0.4, 0.5) is 0 Å². The molecule has 0 amide bonds. The van der Waals surface area contributed by atoms with E-state index in [1.165, 1.54) is 231 Å². The van der Waals surface area contributed by atoms with Gasteiger partial charge in [0.15, 0.2) is 6.10 Å². The van der Waals surface area contributed by atoms with Crippen LogP contribution < -0.4 is 0 Å². The van der Waals surface area contributed by atoms with E-state index in [1.807, 2.05) is 21.1 Å². The van der Waals surface area contributed by atoms with Crippen molar-refractivity contribution in [3.05, 3.63) is 24.3 Å². The van der Waals surface area contributed by atoms with Crippen molar-refractivity contribution in [3.63, 3.8) is 0 Å². The fraction of sp³-hybridized carbons (Fsp3) is 0.891. The summed E-state index contributed by atoms with van der Waals surface area (Å²) < 4.78 is 22.9. The van der Waals surface area contributed by atoms with Crippen LogP contribution in [-0.2, 0) is 33.3 Å². The summed E-state index contributed by atoms with van der Waals surface area (Å²) in [6.07, 6.45) is 64.3. The maximum absolute atomic E-state index is 12.9. The molecule has 9 nitrogen and oxygen atoms in total. The molecular weight excluding hydrogens is 911 g/mol. The molecule has 0 aromatic heterocycles. The van der Waals surface area contributed by atoms with Crippen LogP contribution in [0.1, 0.15) is 309 Å². The lowest BCUT2D eigenvalue weighted by molar-refractivity contribution is -0.870. The van der Waals surface area contributed by atoms with Gasteiger partial charge in [0.25, 0.3) is 6.29 Å². The highest BCUT2D eigenvalue weighted by molar-refractivity contribution is 5.71. The van der Waals surface area contributed by atoms with Crippen molar-refractivity contribution in [2.24, 2.45) is 0 Å². The van der Waals surface area contributed by atoms with Gasteiger partial charge in [-0.05, 0) is 64.2 Å². The molecule has 0 saturated carbocycles. The number of esters is 2. The second-order valence-corrected chi connectivity index (χ2v) is 22.7. The van der Waals surface area contributed by atoms with E-state index in [0.29, 0.717) is 17.4 Å². The van der Waals surface area contributed by atoms with Crippen LogP contribution in [0, 0.1) is 0 Å². The van der Waals surface area contributed by atoms with Gasteiger partial charge in [0, 0.05) is 12.8 Å². The van der Waals surface area contributed by atoms with E-state index in [1.54, 1.807) is 0 Å². The summed E-state index contributed by atoms with van der Waals surface area (Å²) in [5, 5.41) is 9.70. The SMILES string of the molecule is CCCCCCCC/C=C\CCCCCCCC(=O)OCC(COC(OCC[N+](C)(C)C)C(=O)O)OC(=O)CCCCCCCCCCCCCCCCCCCCCCC/C=C\CCCCCCCCCC. The van der Waals surface area contributed by atoms with Gasteiger partial charge in [0.05, 0.1) is 34.4 Å². The highest BCUT2D eigenvalue weighted by atomic mass is 16.7. The van der Waals surface area contributed by atoms with Crippen LogP contribution in [0.3, 0.4) is 0 Å². The van der Waals surface area contributed by atoms with Crippen molar-refractivity contribution < 1.29 is 42.9 Å². The molecule has 0 fully saturated rings. The molecule has 0 radical (unpaired) electrons. The summed E-state index contributed by atoms with van der Waals surface area (Å²) in [6.45, 7) is 4.91. The van der Waals surface area contributed by atoms with Crippen molar-refractivity contribution in [3.8, 4) is 0 Å². The van der Waals surface area contributed by atoms with Gasteiger partial charge >= 0.3 is 17.9 Å². The lowest BCUT2D eigenvalue weighted by atomic mass is 10.0. The predicted octanol–water partition coefficient (Wildman–Crippen LogP) is 18.7. The molecule has 0 aliphatic carbocycles. The first-order valence-electron chi connectivity index (χ1n) is 31.5. The summed E-state index contributed by atoms with van der Waals surface area (Å²) in [5.74, 6) is -2.00. The molecule has 9 heteroatoms. The van der Waals surface area contributed by atoms with Crippen LogP contribution in [0.2, 0.25) is 0 Å². The van der Waals surface area contributed by atoms with Gasteiger partial charge in [0.1, 0.15) is 13.2 Å². The minimum absolute atomic E-state index is 0.181. The normalized spacial score (nSPS) is 12.8. The molecule has 2 atom stereocenters. The first-order chi connectivity index (χ1) is 35.6. The van der Waals surface area contributed by atoms with Gasteiger partial charge in [-0.15, -0.1) is 0 Å². The van der Waals surface area contributed by atoms with E-state index in [9.17, 15) is 19.5 Å². The Kier molecular flexibility index (Phi) is 54.3. The van der Waals surface area contributed by atoms with E-state index < -0.39 is 18.4 Å². The second-order valence-electron chi connectivity index (χ2n) is 22.7. The zero-order valence-electron chi connectivity index (χ0n) is 49.1. The van der Waals surface area contributed by atoms with Gasteiger partial charge in [0.2, 0.25) is 0 Å². The van der Waals surface area contributed by atoms with E-state index >= 15 is 0 Å². The lowest BCUT2D eigenvalue weighted by Crippen LogP contribution is -2.40. The minimum atomic E-state index is -1.51. The van der Waals surface area contributed by atoms with Gasteiger partial charge in [-0.2, -0.15) is 0 Å². The largest absolute Gasteiger partial charge is 0.477 e. The quantitative estimate of drug-likeness (QED) is 0.0211. The number of carboxylic acids is 1. The van der Waals surface area contributed by atoms with Crippen LogP contribution in [0.25, 0.3) is 0 Å². The van der Waals surface area contributed by atoms with E-state index in [0.717, 1.165) is 51.4 Å². The number of unbranched alkanes of at least 4 members (excludes halogenated alkanes) is 40. The van der Waals surface area contributed by atoms with Crippen molar-refractivity contribution in [1.82, 2.24) is 0 Å². The molecule has 430 valence electrons. The number of carboxylic acid groups (broad SMARTS) is 1. The smallest absolute Gasteiger partial charge is 0.361 e. The molecular formula is C64H122NO8+. The maximum atomic E-state index is 12.9. The van der Waals surface area contributed by atoms with Gasteiger partial charge in [-0.3, -0.25) is 9.59 Å². The van der Waals surface area contributed by atoms with Gasteiger partial charge < -0.3 is 28.5 Å². The minimum Gasteiger partial charge on any atom is -0.477 e. The molecule has 0 heterocycles. The van der Waals surface area contributed by atoms with Crippen LogP contribution in [0.15, 0.2) is 24.3 Å². The number of rotatable bonds is 59. The van der Waals surface area contributed by atoms with Crippen molar-refractivity contribution in [2.75, 3.05) is 47.5 Å². The molecule has 0 rings (SSSR count). The van der Waals surface area contributed by atoms with Crippen molar-refractivity contribution >= 4 is 17.9 Å². The lowest BCUT2D eigenvalue weighted by Gasteiger charge is -2.25.